The molecule has 0 spiro atoms. The molecular weight excluding hydrogens is 314 g/mol. The summed E-state index contributed by atoms with van der Waals surface area (Å²) in [6.45, 7) is 4.49. The van der Waals surface area contributed by atoms with Crippen LogP contribution >= 0.6 is 11.6 Å². The molecule has 1 unspecified atom stereocenters. The standard InChI is InChI=1S/C17H20ClN3O2/c1-2-15-12-20(7-8-23-15)17(22)14-9-19-21(11-14)10-13-5-3-4-6-16(13)18/h3-6,9,11,15H,2,7-8,10,12H2,1H3. The Morgan fingerprint density at radius 3 is 3.04 bits per heavy atom. The number of carbonyl (C=O) groups is 1. The van der Waals surface area contributed by atoms with Crippen molar-refractivity contribution in [2.24, 2.45) is 0 Å². The van der Waals surface area contributed by atoms with E-state index in [0.29, 0.717) is 36.8 Å². The molecule has 1 fully saturated rings. The Labute approximate surface area is 140 Å². The van der Waals surface area contributed by atoms with Gasteiger partial charge in [-0.25, -0.2) is 0 Å². The predicted molar refractivity (Wildman–Crippen MR) is 88.7 cm³/mol. The van der Waals surface area contributed by atoms with Crippen molar-refractivity contribution in [2.45, 2.75) is 26.0 Å². The summed E-state index contributed by atoms with van der Waals surface area (Å²) >= 11 is 6.17. The van der Waals surface area contributed by atoms with Crippen LogP contribution in [-0.2, 0) is 11.3 Å². The van der Waals surface area contributed by atoms with Crippen molar-refractivity contribution < 1.29 is 9.53 Å². The molecule has 1 atom stereocenters. The minimum Gasteiger partial charge on any atom is -0.375 e. The first-order valence-electron chi connectivity index (χ1n) is 7.84. The van der Waals surface area contributed by atoms with E-state index in [1.807, 2.05) is 29.2 Å². The Bertz CT molecular complexity index is 686. The van der Waals surface area contributed by atoms with Crippen LogP contribution in [0.3, 0.4) is 0 Å². The number of hydrogen-bond donors (Lipinski definition) is 0. The number of benzene rings is 1. The van der Waals surface area contributed by atoms with Gasteiger partial charge in [-0.2, -0.15) is 5.10 Å². The monoisotopic (exact) mass is 333 g/mol. The van der Waals surface area contributed by atoms with Crippen LogP contribution in [0.15, 0.2) is 36.7 Å². The second-order valence-electron chi connectivity index (χ2n) is 5.67. The van der Waals surface area contributed by atoms with E-state index < -0.39 is 0 Å². The van der Waals surface area contributed by atoms with Gasteiger partial charge in [0.15, 0.2) is 0 Å². The van der Waals surface area contributed by atoms with Gasteiger partial charge in [0.05, 0.1) is 31.0 Å². The zero-order valence-electron chi connectivity index (χ0n) is 13.1. The molecule has 122 valence electrons. The molecule has 1 saturated heterocycles. The molecule has 1 amide bonds. The van der Waals surface area contributed by atoms with Gasteiger partial charge < -0.3 is 9.64 Å². The number of amides is 1. The third kappa shape index (κ3) is 3.74. The molecular formula is C17H20ClN3O2. The number of morpholine rings is 1. The van der Waals surface area contributed by atoms with Crippen LogP contribution in [0.1, 0.15) is 29.3 Å². The van der Waals surface area contributed by atoms with Gasteiger partial charge in [-0.3, -0.25) is 9.48 Å². The summed E-state index contributed by atoms with van der Waals surface area (Å²) in [6.07, 6.45) is 4.44. The predicted octanol–water partition coefficient (Wildman–Crippen LogP) is 2.84. The molecule has 1 aromatic carbocycles. The van der Waals surface area contributed by atoms with Crippen LogP contribution in [0.5, 0.6) is 0 Å². The molecule has 23 heavy (non-hydrogen) atoms. The molecule has 3 rings (SSSR count). The molecule has 0 radical (unpaired) electrons. The van der Waals surface area contributed by atoms with Gasteiger partial charge in [0.2, 0.25) is 0 Å². The second-order valence-corrected chi connectivity index (χ2v) is 6.08. The van der Waals surface area contributed by atoms with E-state index in [1.54, 1.807) is 17.1 Å². The van der Waals surface area contributed by atoms with Crippen LogP contribution in [0.25, 0.3) is 0 Å². The molecule has 6 heteroatoms. The average molecular weight is 334 g/mol. The largest absolute Gasteiger partial charge is 0.375 e. The smallest absolute Gasteiger partial charge is 0.257 e. The maximum absolute atomic E-state index is 12.6. The fourth-order valence-electron chi connectivity index (χ4n) is 2.69. The highest BCUT2D eigenvalue weighted by molar-refractivity contribution is 6.31. The van der Waals surface area contributed by atoms with Crippen molar-refractivity contribution in [1.82, 2.24) is 14.7 Å². The van der Waals surface area contributed by atoms with Crippen molar-refractivity contribution >= 4 is 17.5 Å². The Morgan fingerprint density at radius 1 is 1.43 bits per heavy atom. The lowest BCUT2D eigenvalue weighted by molar-refractivity contribution is -0.0226. The van der Waals surface area contributed by atoms with Crippen LogP contribution in [0.4, 0.5) is 0 Å². The number of carbonyl (C=O) groups excluding carboxylic acids is 1. The number of aromatic nitrogens is 2. The number of nitrogens with zero attached hydrogens (tertiary/aromatic N) is 3. The topological polar surface area (TPSA) is 47.4 Å². The van der Waals surface area contributed by atoms with E-state index in [0.717, 1.165) is 12.0 Å². The van der Waals surface area contributed by atoms with Crippen molar-refractivity contribution in [1.29, 1.82) is 0 Å². The van der Waals surface area contributed by atoms with E-state index in [-0.39, 0.29) is 12.0 Å². The third-order valence-corrected chi connectivity index (χ3v) is 4.42. The highest BCUT2D eigenvalue weighted by Gasteiger charge is 2.24. The normalized spacial score (nSPS) is 18.2. The number of hydrogen-bond acceptors (Lipinski definition) is 3. The zero-order valence-corrected chi connectivity index (χ0v) is 13.9. The van der Waals surface area contributed by atoms with Crippen LogP contribution in [-0.4, -0.2) is 46.4 Å². The fourth-order valence-corrected chi connectivity index (χ4v) is 2.89. The SMILES string of the molecule is CCC1CN(C(=O)c2cnn(Cc3ccccc3Cl)c2)CCO1. The van der Waals surface area contributed by atoms with E-state index in [4.69, 9.17) is 16.3 Å². The molecule has 2 heterocycles. The Balaban J connectivity index is 1.69. The van der Waals surface area contributed by atoms with Crippen molar-refractivity contribution in [3.05, 3.63) is 52.8 Å². The summed E-state index contributed by atoms with van der Waals surface area (Å²) in [5, 5.41) is 4.99. The lowest BCUT2D eigenvalue weighted by Crippen LogP contribution is -2.45. The Kier molecular flexibility index (Phi) is 4.98. The van der Waals surface area contributed by atoms with Crippen molar-refractivity contribution in [3.63, 3.8) is 0 Å². The van der Waals surface area contributed by atoms with Crippen LogP contribution < -0.4 is 0 Å². The van der Waals surface area contributed by atoms with E-state index in [2.05, 4.69) is 12.0 Å². The highest BCUT2D eigenvalue weighted by atomic mass is 35.5. The van der Waals surface area contributed by atoms with Crippen molar-refractivity contribution in [3.8, 4) is 0 Å². The van der Waals surface area contributed by atoms with E-state index >= 15 is 0 Å². The maximum atomic E-state index is 12.6. The highest BCUT2D eigenvalue weighted by Crippen LogP contribution is 2.17. The summed E-state index contributed by atoms with van der Waals surface area (Å²) in [7, 11) is 0. The maximum Gasteiger partial charge on any atom is 0.257 e. The van der Waals surface area contributed by atoms with Crippen LogP contribution in [0.2, 0.25) is 5.02 Å². The number of rotatable bonds is 4. The molecule has 1 aliphatic rings. The minimum absolute atomic E-state index is 0.0113. The molecule has 5 nitrogen and oxygen atoms in total. The quantitative estimate of drug-likeness (QED) is 0.864. The summed E-state index contributed by atoms with van der Waals surface area (Å²) in [5.41, 5.74) is 1.59. The zero-order chi connectivity index (χ0) is 16.2. The third-order valence-electron chi connectivity index (χ3n) is 4.05. The second kappa shape index (κ2) is 7.15. The van der Waals surface area contributed by atoms with Crippen LogP contribution in [0, 0.1) is 0 Å². The molecule has 1 aromatic heterocycles. The van der Waals surface area contributed by atoms with Gasteiger partial charge >= 0.3 is 0 Å². The molecule has 2 aromatic rings. The first-order chi connectivity index (χ1) is 11.2. The molecule has 1 aliphatic heterocycles. The lowest BCUT2D eigenvalue weighted by Gasteiger charge is -2.32. The first-order valence-corrected chi connectivity index (χ1v) is 8.22. The molecule has 0 bridgehead atoms. The van der Waals surface area contributed by atoms with Gasteiger partial charge in [-0.1, -0.05) is 36.7 Å². The lowest BCUT2D eigenvalue weighted by atomic mass is 10.2. The average Bonchev–Trinajstić information content (AvgIpc) is 3.05. The summed E-state index contributed by atoms with van der Waals surface area (Å²) in [6, 6.07) is 7.65. The fraction of sp³-hybridized carbons (Fsp3) is 0.412. The van der Waals surface area contributed by atoms with Gasteiger partial charge in [0.25, 0.3) is 5.91 Å². The van der Waals surface area contributed by atoms with Crippen molar-refractivity contribution in [2.75, 3.05) is 19.7 Å². The summed E-state index contributed by atoms with van der Waals surface area (Å²) in [4.78, 5) is 14.4. The van der Waals surface area contributed by atoms with E-state index in [9.17, 15) is 4.79 Å². The first kappa shape index (κ1) is 16.0. The Morgan fingerprint density at radius 2 is 2.26 bits per heavy atom. The molecule has 0 saturated carbocycles. The molecule has 0 N–H and O–H groups in total. The van der Waals surface area contributed by atoms with Gasteiger partial charge in [-0.15, -0.1) is 0 Å². The minimum atomic E-state index is 0.0113. The van der Waals surface area contributed by atoms with Gasteiger partial charge in [0, 0.05) is 24.3 Å². The van der Waals surface area contributed by atoms with Gasteiger partial charge in [-0.05, 0) is 18.1 Å². The number of halogens is 1. The Hall–Kier alpha value is -1.85. The summed E-state index contributed by atoms with van der Waals surface area (Å²) < 4.78 is 7.35. The molecule has 0 aliphatic carbocycles. The van der Waals surface area contributed by atoms with E-state index in [1.165, 1.54) is 0 Å². The van der Waals surface area contributed by atoms with Gasteiger partial charge in [0.1, 0.15) is 0 Å². The number of ether oxygens (including phenoxy) is 1. The summed E-state index contributed by atoms with van der Waals surface area (Å²) in [5.74, 6) is 0.0113.